The molecule has 5 nitrogen and oxygen atoms in total. The Morgan fingerprint density at radius 2 is 2.29 bits per heavy atom. The van der Waals surface area contributed by atoms with Gasteiger partial charge in [0.15, 0.2) is 0 Å². The summed E-state index contributed by atoms with van der Waals surface area (Å²) in [5, 5.41) is 11.4. The van der Waals surface area contributed by atoms with Crippen molar-refractivity contribution in [2.24, 2.45) is 0 Å². The highest BCUT2D eigenvalue weighted by Crippen LogP contribution is 2.07. The Morgan fingerprint density at radius 1 is 1.64 bits per heavy atom. The predicted octanol–water partition coefficient (Wildman–Crippen LogP) is 0.854. The van der Waals surface area contributed by atoms with Crippen molar-refractivity contribution in [1.29, 1.82) is 0 Å². The van der Waals surface area contributed by atoms with E-state index in [-0.39, 0.29) is 0 Å². The van der Waals surface area contributed by atoms with Crippen LogP contribution in [-0.4, -0.2) is 22.1 Å². The Morgan fingerprint density at radius 3 is 2.71 bits per heavy atom. The number of carbonyl (C=O) groups is 1. The third-order valence-corrected chi connectivity index (χ3v) is 2.00. The van der Waals surface area contributed by atoms with Crippen molar-refractivity contribution >= 4 is 5.97 Å². The van der Waals surface area contributed by atoms with Gasteiger partial charge in [0, 0.05) is 0 Å². The summed E-state index contributed by atoms with van der Waals surface area (Å²) < 4.78 is 5.28. The van der Waals surface area contributed by atoms with E-state index in [0.717, 1.165) is 11.5 Å². The van der Waals surface area contributed by atoms with E-state index >= 15 is 0 Å². The highest BCUT2D eigenvalue weighted by Gasteiger charge is 2.11. The normalized spacial score (nSPS) is 12.8. The van der Waals surface area contributed by atoms with Crippen LogP contribution in [0.2, 0.25) is 0 Å². The number of rotatable bonds is 4. The molecule has 0 saturated heterocycles. The maximum absolute atomic E-state index is 10.5. The van der Waals surface area contributed by atoms with Crippen molar-refractivity contribution in [3.8, 4) is 0 Å². The number of carboxylic acids is 1. The van der Waals surface area contributed by atoms with E-state index in [9.17, 15) is 4.79 Å². The van der Waals surface area contributed by atoms with Gasteiger partial charge in [0.25, 0.3) is 0 Å². The molecule has 78 valence electrons. The molecule has 0 spiro atoms. The number of aliphatic carboxylic acids is 1. The molecule has 1 atom stereocenters. The average Bonchev–Trinajstić information content (AvgIpc) is 2.42. The number of nitrogens with one attached hydrogen (secondary N) is 1. The number of nitrogens with zero attached hydrogens (tertiary/aromatic N) is 1. The van der Waals surface area contributed by atoms with Gasteiger partial charge in [0.1, 0.15) is 11.8 Å². The molecule has 1 unspecified atom stereocenters. The molecule has 0 aliphatic carbocycles. The minimum absolute atomic E-state index is 0.335. The fourth-order valence-corrected chi connectivity index (χ4v) is 0.942. The van der Waals surface area contributed by atoms with Crippen LogP contribution in [0.5, 0.6) is 0 Å². The van der Waals surface area contributed by atoms with Crippen LogP contribution in [0.15, 0.2) is 4.42 Å². The van der Waals surface area contributed by atoms with Crippen molar-refractivity contribution in [2.45, 2.75) is 33.4 Å². The zero-order valence-electron chi connectivity index (χ0n) is 8.50. The summed E-state index contributed by atoms with van der Waals surface area (Å²) >= 11 is 0. The molecule has 0 aromatic carbocycles. The Balaban J connectivity index is 2.50. The second-order valence-electron chi connectivity index (χ2n) is 3.19. The summed E-state index contributed by atoms with van der Waals surface area (Å²) in [6.07, 6.45) is 0. The van der Waals surface area contributed by atoms with E-state index in [2.05, 4.69) is 10.3 Å². The molecule has 0 aliphatic rings. The van der Waals surface area contributed by atoms with Crippen LogP contribution in [0.3, 0.4) is 0 Å². The van der Waals surface area contributed by atoms with Gasteiger partial charge in [-0.2, -0.15) is 0 Å². The Hall–Kier alpha value is -1.36. The molecule has 0 aliphatic heterocycles. The average molecular weight is 198 g/mol. The largest absolute Gasteiger partial charge is 0.480 e. The van der Waals surface area contributed by atoms with Crippen LogP contribution in [0.25, 0.3) is 0 Å². The van der Waals surface area contributed by atoms with Gasteiger partial charge in [0.05, 0.1) is 12.2 Å². The molecule has 0 amide bonds. The Kier molecular flexibility index (Phi) is 3.24. The zero-order valence-corrected chi connectivity index (χ0v) is 8.50. The summed E-state index contributed by atoms with van der Waals surface area (Å²) in [5.74, 6) is 0.405. The molecule has 1 aromatic heterocycles. The second-order valence-corrected chi connectivity index (χ2v) is 3.19. The SMILES string of the molecule is Cc1nc(CNC(C)C(=O)O)oc1C. The van der Waals surface area contributed by atoms with Gasteiger partial charge >= 0.3 is 5.97 Å². The smallest absolute Gasteiger partial charge is 0.320 e. The van der Waals surface area contributed by atoms with E-state index in [1.807, 2.05) is 13.8 Å². The maximum Gasteiger partial charge on any atom is 0.320 e. The molecular weight excluding hydrogens is 184 g/mol. The molecule has 0 radical (unpaired) electrons. The fourth-order valence-electron chi connectivity index (χ4n) is 0.942. The van der Waals surface area contributed by atoms with Gasteiger partial charge in [-0.3, -0.25) is 10.1 Å². The third kappa shape index (κ3) is 2.56. The summed E-state index contributed by atoms with van der Waals surface area (Å²) in [6, 6.07) is -0.595. The van der Waals surface area contributed by atoms with Crippen molar-refractivity contribution < 1.29 is 14.3 Å². The number of aryl methyl sites for hydroxylation is 2. The van der Waals surface area contributed by atoms with E-state index in [1.54, 1.807) is 6.92 Å². The van der Waals surface area contributed by atoms with Crippen molar-refractivity contribution in [3.05, 3.63) is 17.3 Å². The lowest BCUT2D eigenvalue weighted by Crippen LogP contribution is -2.33. The number of oxazole rings is 1. The first-order chi connectivity index (χ1) is 6.50. The second kappa shape index (κ2) is 4.23. The molecule has 0 bridgehead atoms. The lowest BCUT2D eigenvalue weighted by atomic mass is 10.3. The van der Waals surface area contributed by atoms with E-state index in [0.29, 0.717) is 12.4 Å². The lowest BCUT2D eigenvalue weighted by molar-refractivity contribution is -0.139. The van der Waals surface area contributed by atoms with E-state index in [1.165, 1.54) is 0 Å². The first-order valence-electron chi connectivity index (χ1n) is 4.40. The topological polar surface area (TPSA) is 75.4 Å². The Labute approximate surface area is 82.1 Å². The van der Waals surface area contributed by atoms with Gasteiger partial charge in [0.2, 0.25) is 5.89 Å². The van der Waals surface area contributed by atoms with Gasteiger partial charge < -0.3 is 9.52 Å². The highest BCUT2D eigenvalue weighted by atomic mass is 16.4. The van der Waals surface area contributed by atoms with Crippen LogP contribution in [0, 0.1) is 13.8 Å². The summed E-state index contributed by atoms with van der Waals surface area (Å²) in [6.45, 7) is 5.59. The molecule has 0 fully saturated rings. The summed E-state index contributed by atoms with van der Waals surface area (Å²) in [7, 11) is 0. The molecule has 1 aromatic rings. The molecular formula is C9H14N2O3. The molecule has 5 heteroatoms. The number of aromatic nitrogens is 1. The standard InChI is InChI=1S/C9H14N2O3/c1-5-7(3)14-8(11-5)4-10-6(2)9(12)13/h6,10H,4H2,1-3H3,(H,12,13). The number of carboxylic acid groups (broad SMARTS) is 1. The maximum atomic E-state index is 10.5. The van der Waals surface area contributed by atoms with Crippen LogP contribution in [-0.2, 0) is 11.3 Å². The van der Waals surface area contributed by atoms with Crippen LogP contribution in [0.1, 0.15) is 24.3 Å². The van der Waals surface area contributed by atoms with Crippen LogP contribution < -0.4 is 5.32 Å². The Bertz CT molecular complexity index is 313. The number of hydrogen-bond donors (Lipinski definition) is 2. The quantitative estimate of drug-likeness (QED) is 0.750. The van der Waals surface area contributed by atoms with E-state index in [4.69, 9.17) is 9.52 Å². The van der Waals surface area contributed by atoms with Crippen LogP contribution >= 0.6 is 0 Å². The van der Waals surface area contributed by atoms with Crippen molar-refractivity contribution in [1.82, 2.24) is 10.3 Å². The third-order valence-electron chi connectivity index (χ3n) is 2.00. The van der Waals surface area contributed by atoms with Gasteiger partial charge in [-0.05, 0) is 20.8 Å². The van der Waals surface area contributed by atoms with Gasteiger partial charge in [-0.1, -0.05) is 0 Å². The number of hydrogen-bond acceptors (Lipinski definition) is 4. The van der Waals surface area contributed by atoms with Gasteiger partial charge in [-0.15, -0.1) is 0 Å². The van der Waals surface area contributed by atoms with Gasteiger partial charge in [-0.25, -0.2) is 4.98 Å². The van der Waals surface area contributed by atoms with Crippen molar-refractivity contribution in [2.75, 3.05) is 0 Å². The zero-order chi connectivity index (χ0) is 10.7. The van der Waals surface area contributed by atoms with E-state index < -0.39 is 12.0 Å². The molecule has 1 rings (SSSR count). The summed E-state index contributed by atoms with van der Waals surface area (Å²) in [5.41, 5.74) is 0.838. The summed E-state index contributed by atoms with van der Waals surface area (Å²) in [4.78, 5) is 14.6. The highest BCUT2D eigenvalue weighted by molar-refractivity contribution is 5.72. The predicted molar refractivity (Wildman–Crippen MR) is 49.9 cm³/mol. The molecule has 1 heterocycles. The first-order valence-corrected chi connectivity index (χ1v) is 4.40. The minimum atomic E-state index is -0.884. The van der Waals surface area contributed by atoms with Crippen molar-refractivity contribution in [3.63, 3.8) is 0 Å². The molecule has 0 saturated carbocycles. The van der Waals surface area contributed by atoms with Crippen LogP contribution in [0.4, 0.5) is 0 Å². The molecule has 2 N–H and O–H groups in total. The fraction of sp³-hybridized carbons (Fsp3) is 0.556. The first kappa shape index (κ1) is 10.7. The molecule has 14 heavy (non-hydrogen) atoms. The lowest BCUT2D eigenvalue weighted by Gasteiger charge is -2.05. The monoisotopic (exact) mass is 198 g/mol. The minimum Gasteiger partial charge on any atom is -0.480 e.